The van der Waals surface area contributed by atoms with Crippen LogP contribution in [0.25, 0.3) is 0 Å². The van der Waals surface area contributed by atoms with Gasteiger partial charge in [0, 0.05) is 30.4 Å². The molecule has 1 spiro atoms. The zero-order valence-electron chi connectivity index (χ0n) is 14.9. The highest BCUT2D eigenvalue weighted by molar-refractivity contribution is 7.92. The Morgan fingerprint density at radius 1 is 1.27 bits per heavy atom. The Hall–Kier alpha value is -0.990. The molecule has 1 saturated heterocycles. The Labute approximate surface area is 159 Å². The van der Waals surface area contributed by atoms with E-state index in [4.69, 9.17) is 0 Å². The third-order valence-corrected chi connectivity index (χ3v) is 9.66. The van der Waals surface area contributed by atoms with Gasteiger partial charge in [-0.3, -0.25) is 4.79 Å². The van der Waals surface area contributed by atoms with E-state index in [9.17, 15) is 13.2 Å². The van der Waals surface area contributed by atoms with E-state index >= 15 is 0 Å². The molecule has 1 aromatic heterocycles. The summed E-state index contributed by atoms with van der Waals surface area (Å²) in [6.45, 7) is 1.33. The summed E-state index contributed by atoms with van der Waals surface area (Å²) in [7, 11) is -3.04. The molecule has 3 fully saturated rings. The number of carbonyl (C=O) groups excluding carboxylic acids is 1. The van der Waals surface area contributed by atoms with Crippen LogP contribution in [0.4, 0.5) is 0 Å². The minimum absolute atomic E-state index is 0.159. The van der Waals surface area contributed by atoms with E-state index in [1.165, 1.54) is 0 Å². The number of amides is 1. The lowest BCUT2D eigenvalue weighted by molar-refractivity contribution is -0.127. The van der Waals surface area contributed by atoms with Crippen molar-refractivity contribution in [2.24, 2.45) is 11.8 Å². The van der Waals surface area contributed by atoms with Crippen LogP contribution in [-0.2, 0) is 21.2 Å². The van der Waals surface area contributed by atoms with E-state index < -0.39 is 14.6 Å². The number of nitrogens with zero attached hydrogens (tertiary/aromatic N) is 1. The average molecular weight is 398 g/mol. The van der Waals surface area contributed by atoms with E-state index in [0.29, 0.717) is 44.7 Å². The first-order chi connectivity index (χ1) is 12.5. The summed E-state index contributed by atoms with van der Waals surface area (Å²) < 4.78 is 24.8. The number of hydrogen-bond donors (Lipinski definition) is 2. The molecule has 8 heteroatoms. The molecule has 1 aliphatic heterocycles. The van der Waals surface area contributed by atoms with Crippen LogP contribution in [0.15, 0.2) is 10.9 Å². The Kier molecular flexibility index (Phi) is 5.09. The number of carbonyl (C=O) groups is 1. The standard InChI is InChI=1S/C18H27N3O3S2/c22-17(14-2-1-3-14)20-9-13-6-18(7-13)8-15(4-5-26(18,23)24)19-10-16-11-25-12-21-16/h11-15,19H,1-10H2,(H,20,22). The van der Waals surface area contributed by atoms with Gasteiger partial charge < -0.3 is 10.6 Å². The van der Waals surface area contributed by atoms with Crippen LogP contribution in [0.1, 0.15) is 50.6 Å². The fraction of sp³-hybridized carbons (Fsp3) is 0.778. The maximum Gasteiger partial charge on any atom is 0.223 e. The largest absolute Gasteiger partial charge is 0.356 e. The monoisotopic (exact) mass is 397 g/mol. The summed E-state index contributed by atoms with van der Waals surface area (Å²) in [5.74, 6) is 0.919. The summed E-state index contributed by atoms with van der Waals surface area (Å²) in [5.41, 5.74) is 2.83. The molecule has 0 bridgehead atoms. The predicted molar refractivity (Wildman–Crippen MR) is 102 cm³/mol. The van der Waals surface area contributed by atoms with Gasteiger partial charge in [-0.05, 0) is 44.4 Å². The molecule has 1 atom stereocenters. The van der Waals surface area contributed by atoms with Gasteiger partial charge in [-0.1, -0.05) is 6.42 Å². The quantitative estimate of drug-likeness (QED) is 0.765. The van der Waals surface area contributed by atoms with Gasteiger partial charge in [0.15, 0.2) is 9.84 Å². The molecule has 1 amide bonds. The van der Waals surface area contributed by atoms with E-state index in [1.54, 1.807) is 11.3 Å². The summed E-state index contributed by atoms with van der Waals surface area (Å²) >= 11 is 1.58. The highest BCUT2D eigenvalue weighted by Crippen LogP contribution is 2.50. The molecule has 0 aromatic carbocycles. The van der Waals surface area contributed by atoms with Crippen LogP contribution >= 0.6 is 11.3 Å². The number of thiazole rings is 1. The number of hydrogen-bond acceptors (Lipinski definition) is 6. The Morgan fingerprint density at radius 3 is 2.73 bits per heavy atom. The summed E-state index contributed by atoms with van der Waals surface area (Å²) in [6.07, 6.45) is 5.90. The van der Waals surface area contributed by atoms with Gasteiger partial charge in [0.1, 0.15) is 0 Å². The fourth-order valence-electron chi connectivity index (χ4n) is 4.56. The first-order valence-corrected chi connectivity index (χ1v) is 12.2. The first kappa shape index (κ1) is 18.4. The molecule has 144 valence electrons. The van der Waals surface area contributed by atoms with Crippen molar-refractivity contribution in [1.29, 1.82) is 0 Å². The van der Waals surface area contributed by atoms with Crippen LogP contribution in [0.2, 0.25) is 0 Å². The normalized spacial score (nSPS) is 33.4. The average Bonchev–Trinajstić information content (AvgIpc) is 3.02. The number of aromatic nitrogens is 1. The minimum Gasteiger partial charge on any atom is -0.356 e. The molecule has 2 N–H and O–H groups in total. The molecule has 1 aromatic rings. The lowest BCUT2D eigenvalue weighted by Gasteiger charge is -2.51. The van der Waals surface area contributed by atoms with Crippen molar-refractivity contribution in [2.75, 3.05) is 12.3 Å². The molecule has 0 radical (unpaired) electrons. The van der Waals surface area contributed by atoms with Crippen LogP contribution in [0.3, 0.4) is 0 Å². The van der Waals surface area contributed by atoms with E-state index in [2.05, 4.69) is 15.6 Å². The summed E-state index contributed by atoms with van der Waals surface area (Å²) in [5, 5.41) is 8.54. The van der Waals surface area contributed by atoms with Crippen molar-refractivity contribution in [3.8, 4) is 0 Å². The van der Waals surface area contributed by atoms with E-state index in [0.717, 1.165) is 25.0 Å². The SMILES string of the molecule is O=C(NCC1CC2(C1)CC(NCc1cscn1)CCS2(=O)=O)C1CCC1. The van der Waals surface area contributed by atoms with Crippen LogP contribution in [0.5, 0.6) is 0 Å². The molecule has 3 aliphatic rings. The highest BCUT2D eigenvalue weighted by Gasteiger charge is 2.56. The molecular weight excluding hydrogens is 370 g/mol. The maximum atomic E-state index is 12.7. The Morgan fingerprint density at radius 2 is 2.08 bits per heavy atom. The third kappa shape index (κ3) is 3.55. The lowest BCUT2D eigenvalue weighted by Crippen LogP contribution is -2.59. The van der Waals surface area contributed by atoms with Gasteiger partial charge in [0.25, 0.3) is 0 Å². The fourth-order valence-corrected chi connectivity index (χ4v) is 7.58. The zero-order chi connectivity index (χ0) is 18.2. The number of nitrogens with one attached hydrogen (secondary N) is 2. The zero-order valence-corrected chi connectivity index (χ0v) is 16.6. The molecule has 2 saturated carbocycles. The second-order valence-electron chi connectivity index (χ2n) is 8.20. The van der Waals surface area contributed by atoms with Crippen molar-refractivity contribution >= 4 is 27.1 Å². The first-order valence-electron chi connectivity index (χ1n) is 9.58. The number of sulfone groups is 1. The topological polar surface area (TPSA) is 88.2 Å². The van der Waals surface area contributed by atoms with Crippen molar-refractivity contribution in [3.63, 3.8) is 0 Å². The minimum atomic E-state index is -3.04. The van der Waals surface area contributed by atoms with Gasteiger partial charge in [-0.2, -0.15) is 0 Å². The molecule has 2 heterocycles. The lowest BCUT2D eigenvalue weighted by atomic mass is 9.70. The molecule has 2 aliphatic carbocycles. The van der Waals surface area contributed by atoms with Crippen LogP contribution in [-0.4, -0.2) is 42.4 Å². The van der Waals surface area contributed by atoms with Gasteiger partial charge in [-0.25, -0.2) is 13.4 Å². The van der Waals surface area contributed by atoms with Crippen molar-refractivity contribution in [3.05, 3.63) is 16.6 Å². The molecule has 4 rings (SSSR count). The second-order valence-corrected chi connectivity index (χ2v) is 11.4. The van der Waals surface area contributed by atoms with Crippen LogP contribution in [0, 0.1) is 11.8 Å². The summed E-state index contributed by atoms with van der Waals surface area (Å²) in [4.78, 5) is 16.2. The summed E-state index contributed by atoms with van der Waals surface area (Å²) in [6, 6.07) is 0.228. The molecule has 6 nitrogen and oxygen atoms in total. The molecular formula is C18H27N3O3S2. The second kappa shape index (κ2) is 7.20. The highest BCUT2D eigenvalue weighted by atomic mass is 32.2. The maximum absolute atomic E-state index is 12.7. The smallest absolute Gasteiger partial charge is 0.223 e. The van der Waals surface area contributed by atoms with Gasteiger partial charge in [-0.15, -0.1) is 11.3 Å². The Bertz CT molecular complexity index is 738. The number of rotatable bonds is 6. The van der Waals surface area contributed by atoms with Crippen LogP contribution < -0.4 is 10.6 Å². The van der Waals surface area contributed by atoms with Gasteiger partial charge in [0.05, 0.1) is 21.7 Å². The predicted octanol–water partition coefficient (Wildman–Crippen LogP) is 1.87. The van der Waals surface area contributed by atoms with Crippen molar-refractivity contribution in [1.82, 2.24) is 15.6 Å². The van der Waals surface area contributed by atoms with E-state index in [-0.39, 0.29) is 23.6 Å². The van der Waals surface area contributed by atoms with Crippen molar-refractivity contribution in [2.45, 2.75) is 62.3 Å². The van der Waals surface area contributed by atoms with E-state index in [1.807, 2.05) is 10.9 Å². The van der Waals surface area contributed by atoms with Crippen molar-refractivity contribution < 1.29 is 13.2 Å². The van der Waals surface area contributed by atoms with Gasteiger partial charge >= 0.3 is 0 Å². The molecule has 26 heavy (non-hydrogen) atoms. The Balaban J connectivity index is 1.29. The third-order valence-electron chi connectivity index (χ3n) is 6.43. The van der Waals surface area contributed by atoms with Gasteiger partial charge in [0.2, 0.25) is 5.91 Å². The molecule has 1 unspecified atom stereocenters.